The van der Waals surface area contributed by atoms with Crippen LogP contribution >= 0.6 is 0 Å². The van der Waals surface area contributed by atoms with Crippen LogP contribution in [0.5, 0.6) is 0 Å². The number of hydrogen-bond acceptors (Lipinski definition) is 4. The minimum Gasteiger partial charge on any atom is -0.399 e. The van der Waals surface area contributed by atoms with Crippen molar-refractivity contribution in [1.29, 1.82) is 0 Å². The maximum atomic E-state index is 12.1. The number of aliphatic hydroxyl groups excluding tert-OH is 1. The number of anilines is 1. The van der Waals surface area contributed by atoms with Crippen LogP contribution < -0.4 is 10.5 Å². The van der Waals surface area contributed by atoms with Crippen LogP contribution in [-0.4, -0.2) is 25.7 Å². The van der Waals surface area contributed by atoms with E-state index in [2.05, 4.69) is 4.72 Å². The van der Waals surface area contributed by atoms with E-state index in [1.807, 2.05) is 0 Å². The van der Waals surface area contributed by atoms with Crippen LogP contribution in [0.1, 0.15) is 25.7 Å². The first kappa shape index (κ1) is 13.3. The van der Waals surface area contributed by atoms with Crippen LogP contribution in [0, 0.1) is 0 Å². The number of aliphatic hydroxyl groups is 1. The quantitative estimate of drug-likeness (QED) is 0.710. The predicted octanol–water partition coefficient (Wildman–Crippen LogP) is 0.851. The average molecular weight is 270 g/mol. The Bertz CT molecular complexity index is 508. The molecule has 0 radical (unpaired) electrons. The molecule has 1 aliphatic carbocycles. The zero-order valence-corrected chi connectivity index (χ0v) is 10.9. The van der Waals surface area contributed by atoms with E-state index in [0.29, 0.717) is 31.4 Å². The van der Waals surface area contributed by atoms with Crippen LogP contribution in [0.15, 0.2) is 29.2 Å². The highest BCUT2D eigenvalue weighted by molar-refractivity contribution is 7.89. The molecule has 0 spiro atoms. The van der Waals surface area contributed by atoms with Crippen molar-refractivity contribution in [3.63, 3.8) is 0 Å². The van der Waals surface area contributed by atoms with Gasteiger partial charge in [-0.1, -0.05) is 6.07 Å². The molecule has 6 heteroatoms. The third-order valence-electron chi connectivity index (χ3n) is 3.19. The van der Waals surface area contributed by atoms with Gasteiger partial charge in [0.1, 0.15) is 0 Å². The van der Waals surface area contributed by atoms with E-state index in [-0.39, 0.29) is 17.0 Å². The van der Waals surface area contributed by atoms with Crippen molar-refractivity contribution in [2.24, 2.45) is 0 Å². The molecule has 0 unspecified atom stereocenters. The number of rotatable bonds is 3. The maximum Gasteiger partial charge on any atom is 0.240 e. The van der Waals surface area contributed by atoms with Crippen LogP contribution in [0.25, 0.3) is 0 Å². The lowest BCUT2D eigenvalue weighted by Crippen LogP contribution is -2.38. The number of nitrogens with two attached hydrogens (primary N) is 1. The third-order valence-corrected chi connectivity index (χ3v) is 4.71. The average Bonchev–Trinajstić information content (AvgIpc) is 2.32. The van der Waals surface area contributed by atoms with Crippen LogP contribution in [0.4, 0.5) is 5.69 Å². The molecule has 1 saturated carbocycles. The highest BCUT2D eigenvalue weighted by Crippen LogP contribution is 2.21. The first-order chi connectivity index (χ1) is 8.47. The molecule has 1 aromatic rings. The van der Waals surface area contributed by atoms with Gasteiger partial charge in [0.25, 0.3) is 0 Å². The second-order valence-corrected chi connectivity index (χ2v) is 6.41. The van der Waals surface area contributed by atoms with Gasteiger partial charge < -0.3 is 10.8 Å². The summed E-state index contributed by atoms with van der Waals surface area (Å²) >= 11 is 0. The molecule has 100 valence electrons. The highest BCUT2D eigenvalue weighted by atomic mass is 32.2. The van der Waals surface area contributed by atoms with Crippen molar-refractivity contribution in [1.82, 2.24) is 4.72 Å². The fourth-order valence-electron chi connectivity index (χ4n) is 2.16. The van der Waals surface area contributed by atoms with Crippen molar-refractivity contribution in [2.75, 3.05) is 5.73 Å². The van der Waals surface area contributed by atoms with E-state index in [9.17, 15) is 13.5 Å². The van der Waals surface area contributed by atoms with Crippen LogP contribution in [-0.2, 0) is 10.0 Å². The largest absolute Gasteiger partial charge is 0.399 e. The Kier molecular flexibility index (Phi) is 3.89. The molecular formula is C12H18N2O3S. The van der Waals surface area contributed by atoms with Gasteiger partial charge in [0.2, 0.25) is 10.0 Å². The van der Waals surface area contributed by atoms with Crippen LogP contribution in [0.3, 0.4) is 0 Å². The number of sulfonamides is 1. The lowest BCUT2D eigenvalue weighted by atomic mass is 9.94. The smallest absolute Gasteiger partial charge is 0.240 e. The number of nitrogen functional groups attached to an aromatic ring is 1. The summed E-state index contributed by atoms with van der Waals surface area (Å²) in [5.41, 5.74) is 6.01. The van der Waals surface area contributed by atoms with Crippen molar-refractivity contribution < 1.29 is 13.5 Å². The normalized spacial score (nSPS) is 24.9. The Morgan fingerprint density at radius 3 is 2.50 bits per heavy atom. The van der Waals surface area contributed by atoms with E-state index >= 15 is 0 Å². The lowest BCUT2D eigenvalue weighted by Gasteiger charge is -2.25. The standard InChI is InChI=1S/C12H18N2O3S/c13-9-2-1-3-12(8-9)18(16,17)14-10-4-6-11(15)7-5-10/h1-3,8,10-11,14-15H,4-7,13H2. The molecule has 5 nitrogen and oxygen atoms in total. The predicted molar refractivity (Wildman–Crippen MR) is 69.4 cm³/mol. The first-order valence-electron chi connectivity index (χ1n) is 6.03. The fraction of sp³-hybridized carbons (Fsp3) is 0.500. The number of hydrogen-bond donors (Lipinski definition) is 3. The van der Waals surface area contributed by atoms with Gasteiger partial charge in [-0.05, 0) is 43.9 Å². The topological polar surface area (TPSA) is 92.4 Å². The monoisotopic (exact) mass is 270 g/mol. The van der Waals surface area contributed by atoms with E-state index < -0.39 is 10.0 Å². The van der Waals surface area contributed by atoms with E-state index in [4.69, 9.17) is 5.73 Å². The fourth-order valence-corrected chi connectivity index (χ4v) is 3.52. The Balaban J connectivity index is 2.08. The SMILES string of the molecule is Nc1cccc(S(=O)(=O)NC2CCC(O)CC2)c1. The van der Waals surface area contributed by atoms with Gasteiger partial charge in [0.05, 0.1) is 11.0 Å². The van der Waals surface area contributed by atoms with Gasteiger partial charge in [-0.2, -0.15) is 0 Å². The van der Waals surface area contributed by atoms with Gasteiger partial charge >= 0.3 is 0 Å². The molecule has 0 aliphatic heterocycles. The summed E-state index contributed by atoms with van der Waals surface area (Å²) in [4.78, 5) is 0.189. The molecule has 2 rings (SSSR count). The van der Waals surface area contributed by atoms with E-state index in [1.54, 1.807) is 12.1 Å². The first-order valence-corrected chi connectivity index (χ1v) is 7.51. The van der Waals surface area contributed by atoms with E-state index in [1.165, 1.54) is 12.1 Å². The molecule has 1 fully saturated rings. The van der Waals surface area contributed by atoms with Gasteiger partial charge in [-0.3, -0.25) is 0 Å². The molecule has 0 bridgehead atoms. The summed E-state index contributed by atoms with van der Waals surface area (Å²) in [6.07, 6.45) is 2.33. The number of benzene rings is 1. The molecule has 0 aromatic heterocycles. The second kappa shape index (κ2) is 5.26. The maximum absolute atomic E-state index is 12.1. The van der Waals surface area contributed by atoms with Crippen molar-refractivity contribution in [2.45, 2.75) is 42.7 Å². The minimum absolute atomic E-state index is 0.0974. The molecule has 1 aliphatic rings. The molecule has 0 atom stereocenters. The van der Waals surface area contributed by atoms with E-state index in [0.717, 1.165) is 0 Å². The number of nitrogens with one attached hydrogen (secondary N) is 1. The molecular weight excluding hydrogens is 252 g/mol. The summed E-state index contributed by atoms with van der Waals surface area (Å²) in [5.74, 6) is 0. The highest BCUT2D eigenvalue weighted by Gasteiger charge is 2.24. The molecule has 0 amide bonds. The summed E-state index contributed by atoms with van der Waals surface area (Å²) in [6, 6.07) is 6.14. The minimum atomic E-state index is -3.51. The Morgan fingerprint density at radius 1 is 1.22 bits per heavy atom. The van der Waals surface area contributed by atoms with Gasteiger partial charge in [-0.25, -0.2) is 13.1 Å². The van der Waals surface area contributed by atoms with Crippen molar-refractivity contribution >= 4 is 15.7 Å². The summed E-state index contributed by atoms with van der Waals surface area (Å²) in [5, 5.41) is 9.38. The summed E-state index contributed by atoms with van der Waals surface area (Å²) in [6.45, 7) is 0. The third kappa shape index (κ3) is 3.22. The Hall–Kier alpha value is -1.11. The van der Waals surface area contributed by atoms with Crippen LogP contribution in [0.2, 0.25) is 0 Å². The zero-order chi connectivity index (χ0) is 13.2. The summed E-state index contributed by atoms with van der Waals surface area (Å²) in [7, 11) is -3.51. The Labute approximate surface area is 107 Å². The Morgan fingerprint density at radius 2 is 1.89 bits per heavy atom. The van der Waals surface area contributed by atoms with Crippen molar-refractivity contribution in [3.8, 4) is 0 Å². The second-order valence-electron chi connectivity index (χ2n) is 4.70. The lowest BCUT2D eigenvalue weighted by molar-refractivity contribution is 0.120. The molecule has 0 saturated heterocycles. The van der Waals surface area contributed by atoms with Gasteiger partial charge in [0, 0.05) is 11.7 Å². The van der Waals surface area contributed by atoms with Gasteiger partial charge in [0.15, 0.2) is 0 Å². The zero-order valence-electron chi connectivity index (χ0n) is 10.0. The summed E-state index contributed by atoms with van der Waals surface area (Å²) < 4.78 is 26.9. The molecule has 18 heavy (non-hydrogen) atoms. The molecule has 1 aromatic carbocycles. The molecule has 4 N–H and O–H groups in total. The molecule has 0 heterocycles. The van der Waals surface area contributed by atoms with Crippen molar-refractivity contribution in [3.05, 3.63) is 24.3 Å². The van der Waals surface area contributed by atoms with Gasteiger partial charge in [-0.15, -0.1) is 0 Å².